The average molecular weight is 754 g/mol. The van der Waals surface area contributed by atoms with Gasteiger partial charge in [0, 0.05) is 6.54 Å². The summed E-state index contributed by atoms with van der Waals surface area (Å²) in [5.74, 6) is -1.86. The van der Waals surface area contributed by atoms with Gasteiger partial charge in [0.25, 0.3) is 0 Å². The molecule has 0 aliphatic heterocycles. The largest absolute Gasteiger partial charge is 0.467 e. The SMILES string of the molecule is COC(=O)[C@@H](NC(=O)[C@H](CC(C)C)NC(=O)N(Cc1ccccc1)C[C@@H](O)[C@H](Cc1ccccc1)NC(=O)[C@H](CC(C)C)NC(=O)OC(C)(C)C)C(C)C. The molecule has 0 aromatic heterocycles. The van der Waals surface area contributed by atoms with Crippen molar-refractivity contribution in [3.63, 3.8) is 0 Å². The van der Waals surface area contributed by atoms with E-state index in [1.165, 1.54) is 12.0 Å². The molecule has 0 saturated carbocycles. The van der Waals surface area contributed by atoms with Crippen LogP contribution in [0.5, 0.6) is 0 Å². The highest BCUT2D eigenvalue weighted by molar-refractivity contribution is 5.90. The Bertz CT molecular complexity index is 1480. The molecule has 0 heterocycles. The first-order valence-corrected chi connectivity index (χ1v) is 18.8. The molecule has 0 radical (unpaired) electrons. The third-order valence-electron chi connectivity index (χ3n) is 8.46. The summed E-state index contributed by atoms with van der Waals surface area (Å²) in [4.78, 5) is 68.2. The van der Waals surface area contributed by atoms with E-state index in [0.29, 0.717) is 6.42 Å². The Morgan fingerprint density at radius 1 is 0.722 bits per heavy atom. The number of esters is 1. The second kappa shape index (κ2) is 21.9. The van der Waals surface area contributed by atoms with Crippen molar-refractivity contribution in [1.82, 2.24) is 26.2 Å². The number of alkyl carbamates (subject to hydrolysis) is 1. The van der Waals surface area contributed by atoms with Crippen LogP contribution in [-0.2, 0) is 36.8 Å². The van der Waals surface area contributed by atoms with Gasteiger partial charge in [-0.1, -0.05) is 102 Å². The highest BCUT2D eigenvalue weighted by atomic mass is 16.6. The molecule has 5 atom stereocenters. The number of amides is 5. The van der Waals surface area contributed by atoms with Crippen LogP contribution < -0.4 is 21.3 Å². The minimum atomic E-state index is -1.29. The molecule has 5 N–H and O–H groups in total. The molecule has 0 bridgehead atoms. The zero-order valence-electron chi connectivity index (χ0n) is 33.7. The molecule has 0 unspecified atom stereocenters. The first-order chi connectivity index (χ1) is 25.3. The fourth-order valence-electron chi connectivity index (χ4n) is 5.79. The lowest BCUT2D eigenvalue weighted by molar-refractivity contribution is -0.146. The van der Waals surface area contributed by atoms with Gasteiger partial charge in [-0.15, -0.1) is 0 Å². The summed E-state index contributed by atoms with van der Waals surface area (Å²) in [5.41, 5.74) is 0.835. The van der Waals surface area contributed by atoms with Crippen LogP contribution in [-0.4, -0.2) is 89.4 Å². The van der Waals surface area contributed by atoms with Crippen LogP contribution in [0.1, 0.15) is 86.3 Å². The summed E-state index contributed by atoms with van der Waals surface area (Å²) in [6.07, 6.45) is -1.21. The number of carbonyl (C=O) groups is 5. The van der Waals surface area contributed by atoms with Gasteiger partial charge < -0.3 is 40.7 Å². The van der Waals surface area contributed by atoms with Gasteiger partial charge in [0.1, 0.15) is 23.7 Å². The zero-order valence-corrected chi connectivity index (χ0v) is 33.7. The smallest absolute Gasteiger partial charge is 0.408 e. The third-order valence-corrected chi connectivity index (χ3v) is 8.46. The number of nitrogens with zero attached hydrogens (tertiary/aromatic N) is 1. The predicted molar refractivity (Wildman–Crippen MR) is 208 cm³/mol. The van der Waals surface area contributed by atoms with Crippen molar-refractivity contribution >= 4 is 29.9 Å². The Kier molecular flexibility index (Phi) is 18.5. The molecule has 5 amide bonds. The maximum Gasteiger partial charge on any atom is 0.408 e. The van der Waals surface area contributed by atoms with Crippen molar-refractivity contribution in [3.05, 3.63) is 71.8 Å². The first kappa shape index (κ1) is 45.5. The number of aliphatic hydroxyl groups is 1. The van der Waals surface area contributed by atoms with Crippen molar-refractivity contribution in [2.24, 2.45) is 17.8 Å². The van der Waals surface area contributed by atoms with Crippen LogP contribution in [0.3, 0.4) is 0 Å². The molecule has 0 saturated heterocycles. The molecule has 0 aliphatic carbocycles. The molecule has 2 aromatic carbocycles. The highest BCUT2D eigenvalue weighted by Gasteiger charge is 2.34. The lowest BCUT2D eigenvalue weighted by atomic mass is 9.98. The van der Waals surface area contributed by atoms with E-state index in [0.717, 1.165) is 11.1 Å². The number of rotatable bonds is 19. The van der Waals surface area contributed by atoms with Gasteiger partial charge in [0.2, 0.25) is 11.8 Å². The van der Waals surface area contributed by atoms with Gasteiger partial charge >= 0.3 is 18.1 Å². The first-order valence-electron chi connectivity index (χ1n) is 18.8. The molecular formula is C41H63N5O8. The summed E-state index contributed by atoms with van der Waals surface area (Å²) in [6.45, 7) is 16.3. The highest BCUT2D eigenvalue weighted by Crippen LogP contribution is 2.15. The van der Waals surface area contributed by atoms with Crippen LogP contribution in [0.25, 0.3) is 0 Å². The normalized spacial score (nSPS) is 14.3. The van der Waals surface area contributed by atoms with Gasteiger partial charge in [0.15, 0.2) is 0 Å². The zero-order chi connectivity index (χ0) is 40.6. The Labute approximate surface area is 321 Å². The molecule has 13 nitrogen and oxygen atoms in total. The molecule has 2 rings (SSSR count). The van der Waals surface area contributed by atoms with E-state index in [-0.39, 0.29) is 43.7 Å². The number of ether oxygens (including phenoxy) is 2. The average Bonchev–Trinajstić information content (AvgIpc) is 3.08. The summed E-state index contributed by atoms with van der Waals surface area (Å²) < 4.78 is 10.3. The monoisotopic (exact) mass is 753 g/mol. The van der Waals surface area contributed by atoms with Gasteiger partial charge in [-0.25, -0.2) is 14.4 Å². The fourth-order valence-corrected chi connectivity index (χ4v) is 5.79. The van der Waals surface area contributed by atoms with Crippen molar-refractivity contribution in [1.29, 1.82) is 0 Å². The van der Waals surface area contributed by atoms with E-state index >= 15 is 0 Å². The number of benzene rings is 2. The Morgan fingerprint density at radius 2 is 1.22 bits per heavy atom. The van der Waals surface area contributed by atoms with E-state index < -0.39 is 65.8 Å². The maximum absolute atomic E-state index is 14.1. The number of carbonyl (C=O) groups excluding carboxylic acids is 5. The Balaban J connectivity index is 2.45. The minimum absolute atomic E-state index is 0.00313. The van der Waals surface area contributed by atoms with E-state index in [4.69, 9.17) is 9.47 Å². The topological polar surface area (TPSA) is 175 Å². The number of urea groups is 1. The molecular weight excluding hydrogens is 690 g/mol. The van der Waals surface area contributed by atoms with Crippen molar-refractivity contribution in [3.8, 4) is 0 Å². The fraction of sp³-hybridized carbons (Fsp3) is 0.585. The summed E-state index contributed by atoms with van der Waals surface area (Å²) in [7, 11) is 1.25. The molecule has 0 aliphatic rings. The number of nitrogens with one attached hydrogen (secondary N) is 4. The molecule has 13 heteroatoms. The van der Waals surface area contributed by atoms with Crippen LogP contribution >= 0.6 is 0 Å². The molecule has 0 fully saturated rings. The third kappa shape index (κ3) is 16.6. The van der Waals surface area contributed by atoms with Crippen LogP contribution in [0, 0.1) is 17.8 Å². The number of hydrogen-bond donors (Lipinski definition) is 5. The van der Waals surface area contributed by atoms with E-state index in [1.54, 1.807) is 34.6 Å². The van der Waals surface area contributed by atoms with Gasteiger partial charge in [0.05, 0.1) is 25.8 Å². The summed E-state index contributed by atoms with van der Waals surface area (Å²) in [5, 5.41) is 23.1. The molecule has 0 spiro atoms. The van der Waals surface area contributed by atoms with E-state index in [1.807, 2.05) is 88.4 Å². The van der Waals surface area contributed by atoms with Crippen molar-refractivity contribution in [2.75, 3.05) is 13.7 Å². The lowest BCUT2D eigenvalue weighted by Crippen LogP contribution is -2.58. The van der Waals surface area contributed by atoms with Gasteiger partial charge in [-0.3, -0.25) is 9.59 Å². The van der Waals surface area contributed by atoms with Gasteiger partial charge in [-0.05, 0) is 68.9 Å². The van der Waals surface area contributed by atoms with Gasteiger partial charge in [-0.2, -0.15) is 0 Å². The summed E-state index contributed by atoms with van der Waals surface area (Å²) in [6, 6.07) is 14.1. The van der Waals surface area contributed by atoms with Crippen molar-refractivity contribution in [2.45, 2.75) is 124 Å². The standard InChI is InChI=1S/C41H63N5O8/c1-26(2)21-32(37(49)45-35(28(5)6)38(50)53-10)43-39(51)46(24-30-19-15-12-16-20-30)25-34(47)31(23-29-17-13-11-14-18-29)42-36(48)33(22-27(3)4)44-40(52)54-41(7,8)9/h11-20,26-28,31-35,47H,21-25H2,1-10H3,(H,42,48)(H,43,51)(H,44,52)(H,45,49)/t31-,32-,33-,34+,35-/m0/s1. The second-order valence-electron chi connectivity index (χ2n) is 16.0. The molecule has 2 aromatic rings. The molecule has 300 valence electrons. The quantitative estimate of drug-likeness (QED) is 0.125. The van der Waals surface area contributed by atoms with Crippen LogP contribution in [0.2, 0.25) is 0 Å². The summed E-state index contributed by atoms with van der Waals surface area (Å²) >= 11 is 0. The lowest BCUT2D eigenvalue weighted by Gasteiger charge is -2.33. The van der Waals surface area contributed by atoms with Crippen LogP contribution in [0.15, 0.2) is 60.7 Å². The van der Waals surface area contributed by atoms with E-state index in [9.17, 15) is 29.1 Å². The maximum atomic E-state index is 14.1. The minimum Gasteiger partial charge on any atom is -0.467 e. The Hall–Kier alpha value is -4.65. The predicted octanol–water partition coefficient (Wildman–Crippen LogP) is 4.95. The van der Waals surface area contributed by atoms with E-state index in [2.05, 4.69) is 21.3 Å². The van der Waals surface area contributed by atoms with Crippen LogP contribution in [0.4, 0.5) is 9.59 Å². The Morgan fingerprint density at radius 3 is 1.70 bits per heavy atom. The second-order valence-corrected chi connectivity index (χ2v) is 16.0. The number of hydrogen-bond acceptors (Lipinski definition) is 8. The number of aliphatic hydroxyl groups excluding tert-OH is 1. The van der Waals surface area contributed by atoms with Crippen molar-refractivity contribution < 1.29 is 38.6 Å². The molecule has 54 heavy (non-hydrogen) atoms. The number of methoxy groups -OCH3 is 1.